The molecule has 0 amide bonds. The molecule has 0 N–H and O–H groups in total. The van der Waals surface area contributed by atoms with Gasteiger partial charge in [-0.2, -0.15) is 0 Å². The van der Waals surface area contributed by atoms with Crippen molar-refractivity contribution in [3.8, 4) is 0 Å². The zero-order chi connectivity index (χ0) is 38.8. The molecule has 0 saturated carbocycles. The molecule has 4 nitrogen and oxygen atoms in total. The molecule has 0 aromatic heterocycles. The molecule has 298 valence electrons. The monoisotopic (exact) mass is 962 g/mol. The molecule has 7 rings (SSSR count). The van der Waals surface area contributed by atoms with Crippen LogP contribution in [0.3, 0.4) is 0 Å². The summed E-state index contributed by atoms with van der Waals surface area (Å²) < 4.78 is 0. The molecule has 0 atom stereocenters. The molecule has 0 radical (unpaired) electrons. The number of hydrogen-bond donors (Lipinski definition) is 0. The summed E-state index contributed by atoms with van der Waals surface area (Å²) in [7, 11) is 1.25. The zero-order valence-corrected chi connectivity index (χ0v) is 40.6. The molecule has 1 aliphatic carbocycles. The third kappa shape index (κ3) is 12.4. The largest absolute Gasteiger partial charge is 4.00 e. The van der Waals surface area contributed by atoms with Crippen LogP contribution in [0.2, 0.25) is 0 Å². The van der Waals surface area contributed by atoms with E-state index in [1.165, 1.54) is 66.2 Å². The molecular formula is C49H54Br2N4NiTi. The summed E-state index contributed by atoms with van der Waals surface area (Å²) in [5, 5.41) is 11.9. The number of nitrogens with zero attached hydrogens (tertiary/aromatic N) is 4. The Morgan fingerprint density at radius 2 is 0.737 bits per heavy atom. The third-order valence-electron chi connectivity index (χ3n) is 9.70. The van der Waals surface area contributed by atoms with Gasteiger partial charge in [-0.3, -0.25) is 0 Å². The topological polar surface area (TPSA) is 52.9 Å². The Labute approximate surface area is 378 Å². The molecule has 0 spiro atoms. The molecule has 0 aliphatic heterocycles. The predicted octanol–water partition coefficient (Wildman–Crippen LogP) is 15.9. The Kier molecular flexibility index (Phi) is 20.9. The first-order valence-electron chi connectivity index (χ1n) is 18.2. The van der Waals surface area contributed by atoms with Crippen molar-refractivity contribution in [3.05, 3.63) is 190 Å². The SMILES string of the molecule is Cc1cccc(C)c1N=C1C(=Nc2c(C)cccc2C)c2cccc3cccc1c23.Cc1cccc(C)c1[N-]CCC[N-]c1c(C)cccc1C.[Br][Ni][Br].[CH3-].[CH3-].[Ti+4]. The van der Waals surface area contributed by atoms with Crippen molar-refractivity contribution >= 4 is 73.4 Å². The van der Waals surface area contributed by atoms with Crippen LogP contribution in [0, 0.1) is 70.2 Å². The van der Waals surface area contributed by atoms with Gasteiger partial charge in [0.15, 0.2) is 0 Å². The Hall–Kier alpha value is -3.31. The van der Waals surface area contributed by atoms with Crippen molar-refractivity contribution in [1.82, 2.24) is 0 Å². The third-order valence-corrected chi connectivity index (χ3v) is 9.70. The van der Waals surface area contributed by atoms with Gasteiger partial charge in [0.05, 0.1) is 22.8 Å². The van der Waals surface area contributed by atoms with Crippen molar-refractivity contribution in [2.75, 3.05) is 13.1 Å². The predicted molar refractivity (Wildman–Crippen MR) is 251 cm³/mol. The van der Waals surface area contributed by atoms with E-state index in [0.717, 1.165) is 64.8 Å². The molecule has 57 heavy (non-hydrogen) atoms. The minimum atomic E-state index is 0. The van der Waals surface area contributed by atoms with Crippen molar-refractivity contribution in [2.24, 2.45) is 9.98 Å². The van der Waals surface area contributed by atoms with Gasteiger partial charge in [0.2, 0.25) is 0 Å². The molecule has 0 bridgehead atoms. The van der Waals surface area contributed by atoms with E-state index in [1.807, 2.05) is 0 Å². The molecule has 0 saturated heterocycles. The van der Waals surface area contributed by atoms with Crippen molar-refractivity contribution in [1.29, 1.82) is 0 Å². The van der Waals surface area contributed by atoms with E-state index in [-0.39, 0.29) is 36.6 Å². The standard InChI is InChI=1S/C28H24N2.C19H24N2.2CH3.2BrH.Ni.Ti/c1-17-9-5-10-18(2)25(17)29-27-22-15-7-13-21-14-8-16-23(24(21)22)28(27)30-26-19(3)11-6-12-20(26)4;1-14-8-5-9-15(2)18(14)20-12-7-13-21-19-16(3)10-6-11-17(19)4;;;;;;/h5-16H,1-4H3;5-6,8-11H,7,12-13H2,1-4H3;2*1H3;2*1H;;/q;-2;2*-1;;;+2;+4/p-2. The smallest absolute Gasteiger partial charge is 0.358 e. The fraction of sp³-hybridized carbons (Fsp3) is 0.224. The summed E-state index contributed by atoms with van der Waals surface area (Å²) in [6.45, 7) is 18.6. The summed E-state index contributed by atoms with van der Waals surface area (Å²) in [4.78, 5) is 10.4. The number of aryl methyl sites for hydroxylation is 8. The Balaban J connectivity index is 0.000000369. The number of hydrogen-bond acceptors (Lipinski definition) is 2. The van der Waals surface area contributed by atoms with Crippen LogP contribution in [-0.2, 0) is 32.6 Å². The number of halogens is 2. The average Bonchev–Trinajstić information content (AvgIpc) is 3.44. The van der Waals surface area contributed by atoms with Crippen LogP contribution in [0.1, 0.15) is 62.1 Å². The molecule has 6 aromatic rings. The van der Waals surface area contributed by atoms with Crippen LogP contribution >= 0.6 is 28.5 Å². The van der Waals surface area contributed by atoms with E-state index >= 15 is 0 Å². The van der Waals surface area contributed by atoms with E-state index in [4.69, 9.17) is 20.6 Å². The first-order valence-corrected chi connectivity index (χ1v) is 23.1. The Morgan fingerprint density at radius 1 is 0.456 bits per heavy atom. The maximum atomic E-state index is 5.22. The Bertz CT molecular complexity index is 2080. The van der Waals surface area contributed by atoms with Gasteiger partial charge in [-0.15, -0.1) is 24.5 Å². The van der Waals surface area contributed by atoms with Crippen molar-refractivity contribution in [3.63, 3.8) is 0 Å². The number of benzene rings is 6. The van der Waals surface area contributed by atoms with Gasteiger partial charge >= 0.3 is 61.1 Å². The molecule has 8 heteroatoms. The van der Waals surface area contributed by atoms with E-state index < -0.39 is 0 Å². The van der Waals surface area contributed by atoms with Crippen LogP contribution in [0.15, 0.2) is 119 Å². The van der Waals surface area contributed by atoms with Gasteiger partial charge in [-0.05, 0) is 83.0 Å². The van der Waals surface area contributed by atoms with Crippen LogP contribution < -0.4 is 0 Å². The summed E-state index contributed by atoms with van der Waals surface area (Å²) in [6, 6.07) is 38.2. The number of rotatable bonds is 8. The fourth-order valence-corrected chi connectivity index (χ4v) is 6.97. The molecule has 0 unspecified atom stereocenters. The van der Waals surface area contributed by atoms with Gasteiger partial charge in [-0.25, -0.2) is 9.98 Å². The Morgan fingerprint density at radius 3 is 1.05 bits per heavy atom. The molecule has 0 heterocycles. The molecule has 6 aromatic carbocycles. The maximum absolute atomic E-state index is 5.22. The number of aliphatic imine (C=N–C) groups is 2. The summed E-state index contributed by atoms with van der Waals surface area (Å²) in [6.07, 6.45) is 0.988. The fourth-order valence-electron chi connectivity index (χ4n) is 6.97. The molecular weight excluding hydrogens is 911 g/mol. The summed E-state index contributed by atoms with van der Waals surface area (Å²) >= 11 is 6.00. The second kappa shape index (κ2) is 23.9. The van der Waals surface area contributed by atoms with Crippen LogP contribution in [-0.4, -0.2) is 24.5 Å². The van der Waals surface area contributed by atoms with Crippen molar-refractivity contribution in [2.45, 2.75) is 61.8 Å². The van der Waals surface area contributed by atoms with Gasteiger partial charge in [-0.1, -0.05) is 138 Å². The maximum Gasteiger partial charge on any atom is 4.00 e. The summed E-state index contributed by atoms with van der Waals surface area (Å²) in [5.41, 5.74) is 18.3. The zero-order valence-electron chi connectivity index (χ0n) is 34.9. The van der Waals surface area contributed by atoms with Crippen LogP contribution in [0.25, 0.3) is 21.4 Å². The van der Waals surface area contributed by atoms with Crippen LogP contribution in [0.4, 0.5) is 22.7 Å². The minimum Gasteiger partial charge on any atom is -0.358 e. The quantitative estimate of drug-likeness (QED) is 0.0829. The second-order valence-corrected chi connectivity index (χ2v) is 18.7. The average molecular weight is 965 g/mol. The van der Waals surface area contributed by atoms with E-state index in [2.05, 4.69) is 193 Å². The molecule has 1 aliphatic rings. The summed E-state index contributed by atoms with van der Waals surface area (Å²) in [5.74, 6) is 0. The first kappa shape index (κ1) is 49.8. The number of para-hydroxylation sites is 4. The second-order valence-electron chi connectivity index (χ2n) is 13.8. The normalized spacial score (nSPS) is 12.4. The van der Waals surface area contributed by atoms with E-state index in [9.17, 15) is 0 Å². The molecule has 0 fully saturated rings. The van der Waals surface area contributed by atoms with E-state index in [0.29, 0.717) is 0 Å². The van der Waals surface area contributed by atoms with Crippen molar-refractivity contribution < 1.29 is 32.6 Å². The first-order chi connectivity index (χ1) is 26.0. The van der Waals surface area contributed by atoms with Gasteiger partial charge < -0.3 is 25.5 Å². The van der Waals surface area contributed by atoms with Gasteiger partial charge in [0.1, 0.15) is 0 Å². The van der Waals surface area contributed by atoms with Gasteiger partial charge in [0.25, 0.3) is 0 Å². The van der Waals surface area contributed by atoms with Gasteiger partial charge in [0, 0.05) is 16.5 Å². The minimum absolute atomic E-state index is 0. The van der Waals surface area contributed by atoms with Crippen LogP contribution in [0.5, 0.6) is 0 Å². The van der Waals surface area contributed by atoms with E-state index in [1.54, 1.807) is 0 Å².